The fourth-order valence-corrected chi connectivity index (χ4v) is 5.56. The molecule has 0 fully saturated rings. The van der Waals surface area contributed by atoms with E-state index in [1.54, 1.807) is 18.2 Å². The lowest BCUT2D eigenvalue weighted by Crippen LogP contribution is -2.13. The Morgan fingerprint density at radius 1 is 0.721 bits per heavy atom. The summed E-state index contributed by atoms with van der Waals surface area (Å²) in [6.45, 7) is 0. The molecule has 1 heterocycles. The number of rotatable bonds is 5. The highest BCUT2D eigenvalue weighted by molar-refractivity contribution is 6.06. The normalized spacial score (nSPS) is 12.8. The van der Waals surface area contributed by atoms with Crippen LogP contribution in [0.5, 0.6) is 0 Å². The van der Waals surface area contributed by atoms with E-state index in [4.69, 9.17) is 9.97 Å². The van der Waals surface area contributed by atoms with Gasteiger partial charge in [0.25, 0.3) is 5.91 Å². The number of anilines is 3. The average molecular weight is 575 g/mol. The molecule has 43 heavy (non-hydrogen) atoms. The molecule has 0 radical (unpaired) electrons. The highest BCUT2D eigenvalue weighted by atomic mass is 19.4. The summed E-state index contributed by atoms with van der Waals surface area (Å²) in [5.74, 6) is 0.620. The molecule has 0 atom stereocenters. The van der Waals surface area contributed by atoms with E-state index < -0.39 is 17.6 Å². The highest BCUT2D eigenvalue weighted by Crippen LogP contribution is 2.33. The van der Waals surface area contributed by atoms with Gasteiger partial charge in [0.05, 0.1) is 11.1 Å². The molecule has 0 bridgehead atoms. The summed E-state index contributed by atoms with van der Waals surface area (Å²) < 4.78 is 38.9. The number of carbonyl (C=O) groups is 1. The molecule has 0 aliphatic heterocycles. The summed E-state index contributed by atoms with van der Waals surface area (Å²) in [7, 11) is 0. The Labute approximate surface area is 245 Å². The molecule has 5 aromatic carbocycles. The van der Waals surface area contributed by atoms with Crippen LogP contribution in [0.25, 0.3) is 33.1 Å². The molecule has 212 valence electrons. The number of carbonyl (C=O) groups excluding carboxylic acids is 1. The largest absolute Gasteiger partial charge is 0.416 e. The second kappa shape index (κ2) is 10.5. The lowest BCUT2D eigenvalue weighted by atomic mass is 10.1. The van der Waals surface area contributed by atoms with Crippen LogP contribution in [0.1, 0.15) is 33.5 Å². The molecular formula is C35H25F3N4O. The van der Waals surface area contributed by atoms with E-state index in [0.717, 1.165) is 53.4 Å². The molecule has 1 aliphatic rings. The first-order valence-corrected chi connectivity index (χ1v) is 14.0. The number of fused-ring (bicyclic) bond motifs is 3. The van der Waals surface area contributed by atoms with Gasteiger partial charge in [-0.25, -0.2) is 9.97 Å². The van der Waals surface area contributed by atoms with Crippen molar-refractivity contribution in [2.45, 2.75) is 25.4 Å². The van der Waals surface area contributed by atoms with Crippen LogP contribution in [0.3, 0.4) is 0 Å². The number of benzene rings is 5. The van der Waals surface area contributed by atoms with Gasteiger partial charge in [0.1, 0.15) is 5.82 Å². The third-order valence-electron chi connectivity index (χ3n) is 7.80. The third-order valence-corrected chi connectivity index (χ3v) is 7.80. The minimum absolute atomic E-state index is 0.118. The van der Waals surface area contributed by atoms with Crippen molar-refractivity contribution in [2.24, 2.45) is 0 Å². The average Bonchev–Trinajstić information content (AvgIpc) is 3.48. The molecule has 0 saturated carbocycles. The molecule has 1 aliphatic carbocycles. The summed E-state index contributed by atoms with van der Waals surface area (Å²) in [5.41, 5.74) is 4.92. The van der Waals surface area contributed by atoms with E-state index in [1.807, 2.05) is 30.3 Å². The number of amides is 1. The van der Waals surface area contributed by atoms with Gasteiger partial charge < -0.3 is 10.6 Å². The zero-order valence-electron chi connectivity index (χ0n) is 22.9. The molecular weight excluding hydrogens is 549 g/mol. The number of nitrogens with zero attached hydrogens (tertiary/aromatic N) is 2. The van der Waals surface area contributed by atoms with Crippen molar-refractivity contribution in [1.29, 1.82) is 0 Å². The summed E-state index contributed by atoms with van der Waals surface area (Å²) >= 11 is 0. The zero-order valence-corrected chi connectivity index (χ0v) is 22.9. The van der Waals surface area contributed by atoms with Gasteiger partial charge in [0, 0.05) is 27.9 Å². The maximum atomic E-state index is 13.0. The lowest BCUT2D eigenvalue weighted by Gasteiger charge is -2.14. The first kappa shape index (κ1) is 26.6. The minimum Gasteiger partial charge on any atom is -0.340 e. The second-order valence-corrected chi connectivity index (χ2v) is 10.7. The quantitative estimate of drug-likeness (QED) is 0.216. The van der Waals surface area contributed by atoms with Crippen molar-refractivity contribution in [3.8, 4) is 11.4 Å². The van der Waals surface area contributed by atoms with Crippen molar-refractivity contribution < 1.29 is 18.0 Å². The van der Waals surface area contributed by atoms with Gasteiger partial charge in [-0.05, 0) is 102 Å². The number of aryl methyl sites for hydroxylation is 2. The molecule has 1 aromatic heterocycles. The number of halogens is 3. The van der Waals surface area contributed by atoms with Gasteiger partial charge in [0.2, 0.25) is 0 Å². The number of aromatic nitrogens is 2. The van der Waals surface area contributed by atoms with E-state index in [9.17, 15) is 18.0 Å². The van der Waals surface area contributed by atoms with Crippen LogP contribution in [0.4, 0.5) is 30.4 Å². The van der Waals surface area contributed by atoms with Crippen LogP contribution in [-0.2, 0) is 19.0 Å². The van der Waals surface area contributed by atoms with E-state index in [-0.39, 0.29) is 5.56 Å². The van der Waals surface area contributed by atoms with Crippen LogP contribution >= 0.6 is 0 Å². The van der Waals surface area contributed by atoms with E-state index >= 15 is 0 Å². The fourth-order valence-electron chi connectivity index (χ4n) is 5.56. The van der Waals surface area contributed by atoms with Crippen molar-refractivity contribution in [3.63, 3.8) is 0 Å². The molecule has 8 heteroatoms. The van der Waals surface area contributed by atoms with Gasteiger partial charge in [-0.3, -0.25) is 4.79 Å². The third kappa shape index (κ3) is 5.39. The Bertz CT molecular complexity index is 2020. The molecule has 0 unspecified atom stereocenters. The standard InChI is InChI=1S/C35H25F3N4O/c36-35(37,38)27-13-10-23(11-14-27)34(43)40-29-16-17-31-30(20-29)33(39-28-15-12-22-6-3-7-25(22)19-28)42-32(41-31)26-9-8-21-4-1-2-5-24(21)18-26/h1-2,4-5,8-20H,3,6-7H2,(H,40,43)(H,39,41,42). The van der Waals surface area contributed by atoms with Crippen molar-refractivity contribution >= 4 is 44.8 Å². The Morgan fingerprint density at radius 2 is 1.49 bits per heavy atom. The van der Waals surface area contributed by atoms with Crippen molar-refractivity contribution in [1.82, 2.24) is 9.97 Å². The Morgan fingerprint density at radius 3 is 2.30 bits per heavy atom. The number of hydrogen-bond acceptors (Lipinski definition) is 4. The zero-order chi connectivity index (χ0) is 29.6. The Kier molecular flexibility index (Phi) is 6.54. The number of alkyl halides is 3. The van der Waals surface area contributed by atoms with Crippen molar-refractivity contribution in [3.05, 3.63) is 125 Å². The molecule has 0 spiro atoms. The maximum absolute atomic E-state index is 13.0. The lowest BCUT2D eigenvalue weighted by molar-refractivity contribution is -0.137. The van der Waals surface area contributed by atoms with Gasteiger partial charge in [-0.2, -0.15) is 13.2 Å². The maximum Gasteiger partial charge on any atom is 0.416 e. The van der Waals surface area contributed by atoms with Crippen LogP contribution < -0.4 is 10.6 Å². The summed E-state index contributed by atoms with van der Waals surface area (Å²) in [6.07, 6.45) is -1.21. The van der Waals surface area contributed by atoms with Crippen LogP contribution in [0.2, 0.25) is 0 Å². The van der Waals surface area contributed by atoms with Gasteiger partial charge in [-0.15, -0.1) is 0 Å². The monoisotopic (exact) mass is 574 g/mol. The van der Waals surface area contributed by atoms with Gasteiger partial charge in [-0.1, -0.05) is 42.5 Å². The van der Waals surface area contributed by atoms with E-state index in [0.29, 0.717) is 28.2 Å². The van der Waals surface area contributed by atoms with Crippen LogP contribution in [-0.4, -0.2) is 15.9 Å². The minimum atomic E-state index is -4.47. The van der Waals surface area contributed by atoms with E-state index in [1.165, 1.54) is 23.3 Å². The number of nitrogens with one attached hydrogen (secondary N) is 2. The van der Waals surface area contributed by atoms with E-state index in [2.05, 4.69) is 41.0 Å². The smallest absolute Gasteiger partial charge is 0.340 e. The van der Waals surface area contributed by atoms with Crippen LogP contribution in [0, 0.1) is 0 Å². The predicted molar refractivity (Wildman–Crippen MR) is 164 cm³/mol. The first-order chi connectivity index (χ1) is 20.8. The van der Waals surface area contributed by atoms with Crippen molar-refractivity contribution in [2.75, 3.05) is 10.6 Å². The number of hydrogen-bond donors (Lipinski definition) is 2. The predicted octanol–water partition coefficient (Wildman–Crippen LogP) is 8.95. The summed E-state index contributed by atoms with van der Waals surface area (Å²) in [6, 6.07) is 30.0. The molecule has 5 nitrogen and oxygen atoms in total. The van der Waals surface area contributed by atoms with Gasteiger partial charge in [0.15, 0.2) is 5.82 Å². The molecule has 7 rings (SSSR count). The topological polar surface area (TPSA) is 66.9 Å². The Hall–Kier alpha value is -5.24. The first-order valence-electron chi connectivity index (χ1n) is 14.0. The Balaban J connectivity index is 1.27. The SMILES string of the molecule is O=C(Nc1ccc2nc(-c3ccc4ccccc4c3)nc(Nc3ccc4c(c3)CCC4)c2c1)c1ccc(C(F)(F)F)cc1. The highest BCUT2D eigenvalue weighted by Gasteiger charge is 2.30. The fraction of sp³-hybridized carbons (Fsp3) is 0.114. The summed E-state index contributed by atoms with van der Waals surface area (Å²) in [4.78, 5) is 22.7. The molecule has 2 N–H and O–H groups in total. The van der Waals surface area contributed by atoms with Gasteiger partial charge >= 0.3 is 6.18 Å². The van der Waals surface area contributed by atoms with Crippen LogP contribution in [0.15, 0.2) is 103 Å². The summed E-state index contributed by atoms with van der Waals surface area (Å²) in [5, 5.41) is 9.18. The molecule has 1 amide bonds. The second-order valence-electron chi connectivity index (χ2n) is 10.7. The molecule has 0 saturated heterocycles. The molecule has 6 aromatic rings.